The Labute approximate surface area is 103 Å². The van der Waals surface area contributed by atoms with Gasteiger partial charge in [-0.25, -0.2) is 4.79 Å². The van der Waals surface area contributed by atoms with E-state index in [9.17, 15) is 15.0 Å². The lowest BCUT2D eigenvalue weighted by atomic mass is 10.1. The van der Waals surface area contributed by atoms with E-state index < -0.39 is 30.6 Å². The molecule has 0 aromatic heterocycles. The van der Waals surface area contributed by atoms with Crippen molar-refractivity contribution < 1.29 is 29.6 Å². The maximum absolute atomic E-state index is 11.6. The molecule has 1 aromatic carbocycles. The molecule has 0 bridgehead atoms. The predicted molar refractivity (Wildman–Crippen MR) is 59.6 cm³/mol. The van der Waals surface area contributed by atoms with Gasteiger partial charge in [0.25, 0.3) is 0 Å². The smallest absolute Gasteiger partial charge is 0.338 e. The Kier molecular flexibility index (Phi) is 3.93. The molecule has 6 nitrogen and oxygen atoms in total. The van der Waals surface area contributed by atoms with E-state index in [-0.39, 0.29) is 6.61 Å². The maximum Gasteiger partial charge on any atom is 0.338 e. The van der Waals surface area contributed by atoms with Gasteiger partial charge in [0.1, 0.15) is 24.9 Å². The third kappa shape index (κ3) is 2.68. The number of hydrogen-bond donors (Lipinski definition) is 3. The molecule has 0 amide bonds. The lowest BCUT2D eigenvalue weighted by Crippen LogP contribution is -2.34. The molecule has 1 aliphatic heterocycles. The standard InChI is InChI=1S/C12H14O6/c13-9-8(18-12(16)10(9)14)6-17-11(15)7-4-2-1-3-5-7/h1-5,8-10,12-14,16H,6H2/t8-,9-,10-,12+/m0/s1. The molecule has 0 spiro atoms. The minimum absolute atomic E-state index is 0.233. The minimum Gasteiger partial charge on any atom is -0.459 e. The second-order valence-electron chi connectivity index (χ2n) is 4.01. The van der Waals surface area contributed by atoms with Crippen LogP contribution in [0.2, 0.25) is 0 Å². The summed E-state index contributed by atoms with van der Waals surface area (Å²) in [6.45, 7) is -0.233. The van der Waals surface area contributed by atoms with Gasteiger partial charge in [-0.3, -0.25) is 0 Å². The molecule has 2 rings (SSSR count). The third-order valence-corrected chi connectivity index (χ3v) is 2.73. The van der Waals surface area contributed by atoms with E-state index in [1.54, 1.807) is 30.3 Å². The van der Waals surface area contributed by atoms with Gasteiger partial charge in [-0.1, -0.05) is 18.2 Å². The summed E-state index contributed by atoms with van der Waals surface area (Å²) in [5.74, 6) is -0.553. The number of benzene rings is 1. The van der Waals surface area contributed by atoms with Crippen LogP contribution in [0.25, 0.3) is 0 Å². The van der Waals surface area contributed by atoms with Crippen molar-refractivity contribution in [1.82, 2.24) is 0 Å². The Morgan fingerprint density at radius 3 is 2.39 bits per heavy atom. The number of aliphatic hydroxyl groups is 3. The van der Waals surface area contributed by atoms with Crippen LogP contribution >= 0.6 is 0 Å². The molecule has 0 unspecified atom stereocenters. The fraction of sp³-hybridized carbons (Fsp3) is 0.417. The summed E-state index contributed by atoms with van der Waals surface area (Å²) >= 11 is 0. The number of carbonyl (C=O) groups excluding carboxylic acids is 1. The van der Waals surface area contributed by atoms with Crippen LogP contribution in [0, 0.1) is 0 Å². The first kappa shape index (κ1) is 13.0. The number of ether oxygens (including phenoxy) is 2. The Balaban J connectivity index is 1.88. The van der Waals surface area contributed by atoms with Gasteiger partial charge in [-0.2, -0.15) is 0 Å². The van der Waals surface area contributed by atoms with Crippen molar-refractivity contribution in [3.8, 4) is 0 Å². The molecule has 1 heterocycles. The average Bonchev–Trinajstić information content (AvgIpc) is 2.64. The zero-order chi connectivity index (χ0) is 13.1. The molecule has 0 saturated carbocycles. The maximum atomic E-state index is 11.6. The highest BCUT2D eigenvalue weighted by Crippen LogP contribution is 2.20. The van der Waals surface area contributed by atoms with Gasteiger partial charge in [0.2, 0.25) is 0 Å². The van der Waals surface area contributed by atoms with Gasteiger partial charge in [0.15, 0.2) is 6.29 Å². The molecule has 0 radical (unpaired) electrons. The summed E-state index contributed by atoms with van der Waals surface area (Å²) in [7, 11) is 0. The number of aliphatic hydroxyl groups excluding tert-OH is 3. The van der Waals surface area contributed by atoms with Crippen molar-refractivity contribution in [1.29, 1.82) is 0 Å². The topological polar surface area (TPSA) is 96.2 Å². The van der Waals surface area contributed by atoms with Gasteiger partial charge >= 0.3 is 5.97 Å². The number of esters is 1. The van der Waals surface area contributed by atoms with Crippen LogP contribution in [-0.2, 0) is 9.47 Å². The summed E-state index contributed by atoms with van der Waals surface area (Å²) in [5.41, 5.74) is 0.381. The number of rotatable bonds is 3. The summed E-state index contributed by atoms with van der Waals surface area (Å²) < 4.78 is 9.78. The van der Waals surface area contributed by atoms with Crippen LogP contribution in [0.5, 0.6) is 0 Å². The molecule has 0 aliphatic carbocycles. The Hall–Kier alpha value is -1.47. The average molecular weight is 254 g/mol. The number of hydrogen-bond acceptors (Lipinski definition) is 6. The first-order valence-corrected chi connectivity index (χ1v) is 5.51. The molecular weight excluding hydrogens is 240 g/mol. The third-order valence-electron chi connectivity index (χ3n) is 2.73. The first-order valence-electron chi connectivity index (χ1n) is 5.51. The summed E-state index contributed by atoms with van der Waals surface area (Å²) in [6, 6.07) is 8.36. The van der Waals surface area contributed by atoms with Crippen LogP contribution < -0.4 is 0 Å². The normalized spacial score (nSPS) is 31.3. The molecule has 98 valence electrons. The molecule has 1 fully saturated rings. The van der Waals surface area contributed by atoms with Gasteiger partial charge in [0.05, 0.1) is 5.56 Å². The van der Waals surface area contributed by atoms with E-state index in [1.165, 1.54) is 0 Å². The zero-order valence-electron chi connectivity index (χ0n) is 9.47. The van der Waals surface area contributed by atoms with Crippen LogP contribution in [0.15, 0.2) is 30.3 Å². The van der Waals surface area contributed by atoms with Gasteiger partial charge in [-0.15, -0.1) is 0 Å². The largest absolute Gasteiger partial charge is 0.459 e. The van der Waals surface area contributed by atoms with E-state index in [0.717, 1.165) is 0 Å². The highest BCUT2D eigenvalue weighted by molar-refractivity contribution is 5.89. The molecule has 4 atom stereocenters. The van der Waals surface area contributed by atoms with E-state index >= 15 is 0 Å². The predicted octanol–water partition coefficient (Wildman–Crippen LogP) is -0.718. The molecule has 1 aliphatic rings. The van der Waals surface area contributed by atoms with Gasteiger partial charge < -0.3 is 24.8 Å². The summed E-state index contributed by atoms with van der Waals surface area (Å²) in [4.78, 5) is 11.6. The van der Waals surface area contributed by atoms with E-state index in [0.29, 0.717) is 5.56 Å². The van der Waals surface area contributed by atoms with E-state index in [4.69, 9.17) is 14.6 Å². The highest BCUT2D eigenvalue weighted by atomic mass is 16.7. The number of carbonyl (C=O) groups is 1. The second kappa shape index (κ2) is 5.45. The van der Waals surface area contributed by atoms with Crippen LogP contribution in [-0.4, -0.2) is 52.5 Å². The SMILES string of the molecule is O=C(OC[C@@H]1O[C@@H](O)[C@@H](O)[C@H]1O)c1ccccc1. The molecule has 6 heteroatoms. The molecule has 1 saturated heterocycles. The van der Waals surface area contributed by atoms with Gasteiger partial charge in [0, 0.05) is 0 Å². The van der Waals surface area contributed by atoms with Crippen molar-refractivity contribution in [2.75, 3.05) is 6.61 Å². The Bertz CT molecular complexity index is 406. The van der Waals surface area contributed by atoms with Crippen molar-refractivity contribution in [3.63, 3.8) is 0 Å². The molecule has 1 aromatic rings. The molecule has 3 N–H and O–H groups in total. The van der Waals surface area contributed by atoms with Crippen molar-refractivity contribution in [3.05, 3.63) is 35.9 Å². The zero-order valence-corrected chi connectivity index (χ0v) is 9.47. The summed E-state index contributed by atoms with van der Waals surface area (Å²) in [5, 5.41) is 27.9. The minimum atomic E-state index is -1.46. The lowest BCUT2D eigenvalue weighted by molar-refractivity contribution is -0.133. The fourth-order valence-corrected chi connectivity index (χ4v) is 1.68. The highest BCUT2D eigenvalue weighted by Gasteiger charge is 2.42. The quantitative estimate of drug-likeness (QED) is 0.616. The van der Waals surface area contributed by atoms with E-state index in [1.807, 2.05) is 0 Å². The molecular formula is C12H14O6. The lowest BCUT2D eigenvalue weighted by Gasteiger charge is -2.14. The summed E-state index contributed by atoms with van der Waals surface area (Å²) in [6.07, 6.45) is -5.04. The molecule has 18 heavy (non-hydrogen) atoms. The van der Waals surface area contributed by atoms with Crippen molar-refractivity contribution in [2.45, 2.75) is 24.6 Å². The fourth-order valence-electron chi connectivity index (χ4n) is 1.68. The van der Waals surface area contributed by atoms with Gasteiger partial charge in [-0.05, 0) is 12.1 Å². The second-order valence-corrected chi connectivity index (χ2v) is 4.01. The van der Waals surface area contributed by atoms with Crippen LogP contribution in [0.3, 0.4) is 0 Å². The van der Waals surface area contributed by atoms with Crippen LogP contribution in [0.1, 0.15) is 10.4 Å². The first-order chi connectivity index (χ1) is 8.59. The monoisotopic (exact) mass is 254 g/mol. The van der Waals surface area contributed by atoms with Crippen LogP contribution in [0.4, 0.5) is 0 Å². The Morgan fingerprint density at radius 2 is 1.83 bits per heavy atom. The van der Waals surface area contributed by atoms with Crippen molar-refractivity contribution >= 4 is 5.97 Å². The van der Waals surface area contributed by atoms with Crippen molar-refractivity contribution in [2.24, 2.45) is 0 Å². The Morgan fingerprint density at radius 1 is 1.17 bits per heavy atom. The van der Waals surface area contributed by atoms with E-state index in [2.05, 4.69) is 0 Å².